The molecule has 0 aliphatic heterocycles. The second-order valence-corrected chi connectivity index (χ2v) is 4.64. The summed E-state index contributed by atoms with van der Waals surface area (Å²) in [5.74, 6) is -0.401. The summed E-state index contributed by atoms with van der Waals surface area (Å²) in [5, 5.41) is 10.8. The van der Waals surface area contributed by atoms with Gasteiger partial charge >= 0.3 is 5.97 Å². The molecule has 0 N–H and O–H groups in total. The third-order valence-corrected chi connectivity index (χ3v) is 2.38. The number of esters is 1. The highest BCUT2D eigenvalue weighted by Gasteiger charge is 2.15. The quantitative estimate of drug-likeness (QED) is 0.455. The van der Waals surface area contributed by atoms with Gasteiger partial charge in [-0.15, -0.1) is 0 Å². The lowest BCUT2D eigenvalue weighted by Crippen LogP contribution is -2.26. The SMILES string of the molecule is Cc1cc(=O)n(CC(=O)OCC(C)C)cc1[N+](=O)[O-]. The standard InChI is InChI=1S/C12H16N2O5/c1-8(2)7-19-12(16)6-13-5-10(14(17)18)9(3)4-11(13)15/h4-5,8H,6-7H2,1-3H3. The van der Waals surface area contributed by atoms with Gasteiger partial charge in [0.05, 0.1) is 17.7 Å². The topological polar surface area (TPSA) is 91.4 Å². The molecule has 0 amide bonds. The van der Waals surface area contributed by atoms with Gasteiger partial charge in [0.2, 0.25) is 0 Å². The molecule has 0 saturated carbocycles. The van der Waals surface area contributed by atoms with Crippen LogP contribution in [0.15, 0.2) is 17.1 Å². The summed E-state index contributed by atoms with van der Waals surface area (Å²) in [6.45, 7) is 5.17. The summed E-state index contributed by atoms with van der Waals surface area (Å²) in [6.07, 6.45) is 1.06. The van der Waals surface area contributed by atoms with Crippen molar-refractivity contribution in [1.82, 2.24) is 4.57 Å². The number of nitrogens with zero attached hydrogens (tertiary/aromatic N) is 2. The van der Waals surface area contributed by atoms with Crippen molar-refractivity contribution in [3.8, 4) is 0 Å². The normalized spacial score (nSPS) is 10.5. The molecule has 1 heterocycles. The van der Waals surface area contributed by atoms with Crippen LogP contribution < -0.4 is 5.56 Å². The number of aryl methyl sites for hydroxylation is 1. The highest BCUT2D eigenvalue weighted by molar-refractivity contribution is 5.69. The van der Waals surface area contributed by atoms with Gasteiger partial charge in [-0.2, -0.15) is 0 Å². The molecule has 19 heavy (non-hydrogen) atoms. The molecule has 1 rings (SSSR count). The lowest BCUT2D eigenvalue weighted by molar-refractivity contribution is -0.385. The number of nitro groups is 1. The van der Waals surface area contributed by atoms with Gasteiger partial charge in [-0.3, -0.25) is 24.3 Å². The zero-order valence-corrected chi connectivity index (χ0v) is 11.1. The fraction of sp³-hybridized carbons (Fsp3) is 0.500. The van der Waals surface area contributed by atoms with E-state index in [-0.39, 0.29) is 30.3 Å². The Kier molecular flexibility index (Phi) is 4.80. The third kappa shape index (κ3) is 4.20. The predicted molar refractivity (Wildman–Crippen MR) is 67.9 cm³/mol. The van der Waals surface area contributed by atoms with Crippen LogP contribution in [0.5, 0.6) is 0 Å². The summed E-state index contributed by atoms with van der Waals surface area (Å²) in [5.41, 5.74) is -0.400. The monoisotopic (exact) mass is 268 g/mol. The fourth-order valence-corrected chi connectivity index (χ4v) is 1.41. The Morgan fingerprint density at radius 3 is 2.68 bits per heavy atom. The zero-order chi connectivity index (χ0) is 14.6. The highest BCUT2D eigenvalue weighted by atomic mass is 16.6. The first kappa shape index (κ1) is 14.9. The van der Waals surface area contributed by atoms with Crippen LogP contribution in [0.1, 0.15) is 19.4 Å². The molecule has 0 unspecified atom stereocenters. The number of pyridine rings is 1. The van der Waals surface area contributed by atoms with E-state index in [1.54, 1.807) is 0 Å². The van der Waals surface area contributed by atoms with Crippen LogP contribution in [0.3, 0.4) is 0 Å². The van der Waals surface area contributed by atoms with Crippen LogP contribution in [-0.2, 0) is 16.1 Å². The lowest BCUT2D eigenvalue weighted by atomic mass is 10.2. The Morgan fingerprint density at radius 1 is 1.53 bits per heavy atom. The van der Waals surface area contributed by atoms with Gasteiger partial charge in [0.25, 0.3) is 11.2 Å². The van der Waals surface area contributed by atoms with E-state index in [4.69, 9.17) is 4.74 Å². The Labute approximate surface area is 110 Å². The van der Waals surface area contributed by atoms with Crippen LogP contribution in [0.4, 0.5) is 5.69 Å². The maximum atomic E-state index is 11.6. The van der Waals surface area contributed by atoms with Crippen molar-refractivity contribution in [2.75, 3.05) is 6.61 Å². The van der Waals surface area contributed by atoms with Crippen LogP contribution in [-0.4, -0.2) is 22.1 Å². The van der Waals surface area contributed by atoms with Gasteiger partial charge in [-0.05, 0) is 12.8 Å². The van der Waals surface area contributed by atoms with E-state index in [2.05, 4.69) is 0 Å². The molecule has 0 radical (unpaired) electrons. The fourth-order valence-electron chi connectivity index (χ4n) is 1.41. The van der Waals surface area contributed by atoms with Gasteiger partial charge in [0.1, 0.15) is 6.54 Å². The van der Waals surface area contributed by atoms with Crippen molar-refractivity contribution in [2.24, 2.45) is 5.92 Å². The van der Waals surface area contributed by atoms with Crippen LogP contribution in [0.25, 0.3) is 0 Å². The Balaban J connectivity index is 2.89. The molecular weight excluding hydrogens is 252 g/mol. The van der Waals surface area contributed by atoms with E-state index < -0.39 is 16.5 Å². The maximum absolute atomic E-state index is 11.6. The van der Waals surface area contributed by atoms with Crippen molar-refractivity contribution in [2.45, 2.75) is 27.3 Å². The van der Waals surface area contributed by atoms with Gasteiger partial charge in [0, 0.05) is 11.6 Å². The molecular formula is C12H16N2O5. The summed E-state index contributed by atoms with van der Waals surface area (Å²) in [6, 6.07) is 1.13. The molecule has 0 saturated heterocycles. The van der Waals surface area contributed by atoms with Crippen molar-refractivity contribution in [3.05, 3.63) is 38.3 Å². The number of ether oxygens (including phenoxy) is 1. The minimum atomic E-state index is -0.593. The predicted octanol–water partition coefficient (Wildman–Crippen LogP) is 1.26. The number of aromatic nitrogens is 1. The van der Waals surface area contributed by atoms with Crippen molar-refractivity contribution < 1.29 is 14.5 Å². The van der Waals surface area contributed by atoms with Crippen molar-refractivity contribution in [3.63, 3.8) is 0 Å². The molecule has 1 aromatic heterocycles. The second kappa shape index (κ2) is 6.12. The van der Waals surface area contributed by atoms with Crippen molar-refractivity contribution in [1.29, 1.82) is 0 Å². The highest BCUT2D eigenvalue weighted by Crippen LogP contribution is 2.13. The van der Waals surface area contributed by atoms with E-state index in [0.29, 0.717) is 0 Å². The van der Waals surface area contributed by atoms with Crippen LogP contribution >= 0.6 is 0 Å². The van der Waals surface area contributed by atoms with Crippen LogP contribution in [0.2, 0.25) is 0 Å². The van der Waals surface area contributed by atoms with Gasteiger partial charge in [-0.25, -0.2) is 0 Å². The van der Waals surface area contributed by atoms with E-state index in [1.165, 1.54) is 6.92 Å². The largest absolute Gasteiger partial charge is 0.464 e. The first-order valence-electron chi connectivity index (χ1n) is 5.82. The average molecular weight is 268 g/mol. The van der Waals surface area contributed by atoms with E-state index in [0.717, 1.165) is 16.8 Å². The Bertz CT molecular complexity index is 548. The third-order valence-electron chi connectivity index (χ3n) is 2.38. The molecule has 1 aromatic rings. The molecule has 7 heteroatoms. The molecule has 0 spiro atoms. The number of carbonyl (C=O) groups excluding carboxylic acids is 1. The van der Waals surface area contributed by atoms with E-state index in [9.17, 15) is 19.7 Å². The molecule has 0 aromatic carbocycles. The summed E-state index contributed by atoms with van der Waals surface area (Å²) >= 11 is 0. The average Bonchev–Trinajstić information content (AvgIpc) is 2.29. The second-order valence-electron chi connectivity index (χ2n) is 4.64. The molecule has 0 atom stereocenters. The van der Waals surface area contributed by atoms with Crippen molar-refractivity contribution >= 4 is 11.7 Å². The van der Waals surface area contributed by atoms with E-state index >= 15 is 0 Å². The van der Waals surface area contributed by atoms with E-state index in [1.807, 2.05) is 13.8 Å². The minimum Gasteiger partial charge on any atom is -0.464 e. The number of rotatable bonds is 5. The smallest absolute Gasteiger partial charge is 0.326 e. The number of carbonyl (C=O) groups is 1. The first-order chi connectivity index (χ1) is 8.81. The summed E-state index contributed by atoms with van der Waals surface area (Å²) in [4.78, 5) is 33.3. The number of hydrogen-bond acceptors (Lipinski definition) is 5. The molecule has 104 valence electrons. The summed E-state index contributed by atoms with van der Waals surface area (Å²) in [7, 11) is 0. The molecule has 0 bridgehead atoms. The van der Waals surface area contributed by atoms with Gasteiger partial charge in [0.15, 0.2) is 0 Å². The summed E-state index contributed by atoms with van der Waals surface area (Å²) < 4.78 is 5.90. The van der Waals surface area contributed by atoms with Crippen LogP contribution in [0, 0.1) is 23.0 Å². The Morgan fingerprint density at radius 2 is 2.16 bits per heavy atom. The molecule has 0 aliphatic rings. The minimum absolute atomic E-state index is 0.188. The Hall–Kier alpha value is -2.18. The van der Waals surface area contributed by atoms with Gasteiger partial charge < -0.3 is 4.74 Å². The number of hydrogen-bond donors (Lipinski definition) is 0. The lowest BCUT2D eigenvalue weighted by Gasteiger charge is -2.09. The first-order valence-corrected chi connectivity index (χ1v) is 5.82. The molecule has 0 fully saturated rings. The maximum Gasteiger partial charge on any atom is 0.326 e. The van der Waals surface area contributed by atoms with Gasteiger partial charge in [-0.1, -0.05) is 13.8 Å². The molecule has 7 nitrogen and oxygen atoms in total. The molecule has 0 aliphatic carbocycles. The zero-order valence-electron chi connectivity index (χ0n) is 11.1.